The van der Waals surface area contributed by atoms with Gasteiger partial charge < -0.3 is 9.64 Å². The van der Waals surface area contributed by atoms with E-state index in [9.17, 15) is 9.59 Å². The Hall–Kier alpha value is -1.32. The van der Waals surface area contributed by atoms with Crippen molar-refractivity contribution >= 4 is 5.69 Å². The Labute approximate surface area is 95.5 Å². The van der Waals surface area contributed by atoms with E-state index in [1.54, 1.807) is 6.92 Å². The number of ether oxygens (including phenoxy) is 1. The van der Waals surface area contributed by atoms with Gasteiger partial charge in [-0.2, -0.15) is 0 Å². The molecule has 0 heterocycles. The van der Waals surface area contributed by atoms with Crippen molar-refractivity contribution in [2.24, 2.45) is 0 Å². The van der Waals surface area contributed by atoms with Crippen molar-refractivity contribution in [2.75, 3.05) is 11.5 Å². The first-order valence-electron chi connectivity index (χ1n) is 5.66. The number of nitrogens with zero attached hydrogens (tertiary/aromatic N) is 1. The fraction of sp³-hybridized carbons (Fsp3) is 0.667. The maximum Gasteiger partial charge on any atom is 0.272 e. The number of anilines is 1. The number of rotatable bonds is 5. The smallest absolute Gasteiger partial charge is 0.272 e. The zero-order valence-electron chi connectivity index (χ0n) is 10.5. The summed E-state index contributed by atoms with van der Waals surface area (Å²) in [5.41, 5.74) is -0.481. The minimum absolute atomic E-state index is 0.169. The quantitative estimate of drug-likeness (QED) is 0.709. The molecule has 4 heteroatoms. The Kier molecular flexibility index (Phi) is 3.73. The van der Waals surface area contributed by atoms with Crippen LogP contribution >= 0.6 is 0 Å². The second-order valence-corrected chi connectivity index (χ2v) is 4.36. The van der Waals surface area contributed by atoms with Crippen LogP contribution in [0.25, 0.3) is 0 Å². The molecule has 0 aromatic heterocycles. The van der Waals surface area contributed by atoms with Gasteiger partial charge in [0.1, 0.15) is 5.69 Å². The highest BCUT2D eigenvalue weighted by molar-refractivity contribution is 5.64. The van der Waals surface area contributed by atoms with E-state index in [-0.39, 0.29) is 17.8 Å². The summed E-state index contributed by atoms with van der Waals surface area (Å²) in [7, 11) is 0. The Bertz CT molecular complexity index is 419. The summed E-state index contributed by atoms with van der Waals surface area (Å²) in [4.78, 5) is 24.8. The van der Waals surface area contributed by atoms with E-state index in [4.69, 9.17) is 4.74 Å². The highest BCUT2D eigenvalue weighted by Crippen LogP contribution is 2.26. The normalized spacial score (nSPS) is 11.4. The summed E-state index contributed by atoms with van der Waals surface area (Å²) in [6, 6.07) is 0.338. The standard InChI is InChI=1S/C12H19NO3/c1-6-16-12-9(10(14)11(12)15)13(7(2)3)8(4)5/h7-8H,6H2,1-5H3. The van der Waals surface area contributed by atoms with Gasteiger partial charge in [0.15, 0.2) is 5.75 Å². The average Bonchev–Trinajstić information content (AvgIpc) is 2.21. The van der Waals surface area contributed by atoms with Crippen molar-refractivity contribution < 1.29 is 4.74 Å². The Morgan fingerprint density at radius 1 is 1.06 bits per heavy atom. The lowest BCUT2D eigenvalue weighted by Crippen LogP contribution is -2.47. The van der Waals surface area contributed by atoms with Crippen molar-refractivity contribution in [2.45, 2.75) is 46.7 Å². The maximum absolute atomic E-state index is 11.6. The summed E-state index contributed by atoms with van der Waals surface area (Å²) < 4.78 is 5.22. The molecule has 1 aromatic carbocycles. The topological polar surface area (TPSA) is 46.6 Å². The van der Waals surface area contributed by atoms with Crippen LogP contribution in [0.5, 0.6) is 5.75 Å². The average molecular weight is 225 g/mol. The van der Waals surface area contributed by atoms with Crippen LogP contribution in [0.1, 0.15) is 34.6 Å². The summed E-state index contributed by atoms with van der Waals surface area (Å²) in [5.74, 6) is 0.231. The Morgan fingerprint density at radius 3 is 1.94 bits per heavy atom. The molecule has 0 unspecified atom stereocenters. The van der Waals surface area contributed by atoms with Gasteiger partial charge in [0.25, 0.3) is 10.9 Å². The van der Waals surface area contributed by atoms with Crippen LogP contribution in [0, 0.1) is 0 Å². The zero-order chi connectivity index (χ0) is 12.5. The fourth-order valence-electron chi connectivity index (χ4n) is 1.98. The summed E-state index contributed by atoms with van der Waals surface area (Å²) in [5, 5.41) is 0. The number of hydrogen-bond acceptors (Lipinski definition) is 4. The molecule has 0 saturated heterocycles. The van der Waals surface area contributed by atoms with Gasteiger partial charge in [0.2, 0.25) is 0 Å². The van der Waals surface area contributed by atoms with E-state index in [0.717, 1.165) is 0 Å². The van der Waals surface area contributed by atoms with Crippen LogP contribution < -0.4 is 20.5 Å². The van der Waals surface area contributed by atoms with Crippen molar-refractivity contribution in [3.8, 4) is 5.75 Å². The van der Waals surface area contributed by atoms with E-state index in [2.05, 4.69) is 0 Å². The molecule has 16 heavy (non-hydrogen) atoms. The van der Waals surface area contributed by atoms with Gasteiger partial charge in [-0.15, -0.1) is 0 Å². The summed E-state index contributed by atoms with van der Waals surface area (Å²) >= 11 is 0. The third-order valence-electron chi connectivity index (χ3n) is 2.50. The molecule has 0 spiro atoms. The molecule has 1 aromatic rings. The molecule has 1 rings (SSSR count). The molecule has 0 saturated carbocycles. The molecule has 4 nitrogen and oxygen atoms in total. The SMILES string of the molecule is CCOc1c(N(C(C)C)C(C)C)c(=O)c1=O. The predicted molar refractivity (Wildman–Crippen MR) is 65.3 cm³/mol. The first-order valence-corrected chi connectivity index (χ1v) is 5.66. The monoisotopic (exact) mass is 225 g/mol. The van der Waals surface area contributed by atoms with E-state index in [0.29, 0.717) is 12.3 Å². The van der Waals surface area contributed by atoms with Crippen LogP contribution in [-0.2, 0) is 0 Å². The third-order valence-corrected chi connectivity index (χ3v) is 2.50. The largest absolute Gasteiger partial charge is 0.488 e. The molecule has 0 bridgehead atoms. The molecule has 0 aliphatic carbocycles. The van der Waals surface area contributed by atoms with Gasteiger partial charge in [0.05, 0.1) is 6.61 Å². The molecule has 0 fully saturated rings. The zero-order valence-corrected chi connectivity index (χ0v) is 10.5. The lowest BCUT2D eigenvalue weighted by atomic mass is 10.1. The first kappa shape index (κ1) is 12.7. The van der Waals surface area contributed by atoms with E-state index in [1.807, 2.05) is 32.6 Å². The predicted octanol–water partition coefficient (Wildman–Crippen LogP) is 1.30. The summed E-state index contributed by atoms with van der Waals surface area (Å²) in [6.07, 6.45) is 0. The molecule has 0 atom stereocenters. The van der Waals surface area contributed by atoms with Gasteiger partial charge in [0, 0.05) is 12.1 Å². The van der Waals surface area contributed by atoms with Crippen molar-refractivity contribution in [3.63, 3.8) is 0 Å². The van der Waals surface area contributed by atoms with Crippen LogP contribution in [0.15, 0.2) is 9.59 Å². The molecular weight excluding hydrogens is 206 g/mol. The molecule has 0 radical (unpaired) electrons. The van der Waals surface area contributed by atoms with Crippen LogP contribution in [-0.4, -0.2) is 18.7 Å². The van der Waals surface area contributed by atoms with E-state index in [1.165, 1.54) is 0 Å². The lowest BCUT2D eigenvalue weighted by Gasteiger charge is -2.34. The van der Waals surface area contributed by atoms with Gasteiger partial charge in [-0.25, -0.2) is 0 Å². The molecule has 0 amide bonds. The molecule has 0 N–H and O–H groups in total. The highest BCUT2D eigenvalue weighted by Gasteiger charge is 2.30. The third kappa shape index (κ3) is 1.96. The Balaban J connectivity index is 3.16. The van der Waals surface area contributed by atoms with Crippen molar-refractivity contribution in [1.82, 2.24) is 0 Å². The van der Waals surface area contributed by atoms with Gasteiger partial charge in [-0.05, 0) is 34.6 Å². The summed E-state index contributed by atoms with van der Waals surface area (Å²) in [6.45, 7) is 10.2. The molecule has 0 aliphatic heterocycles. The van der Waals surface area contributed by atoms with E-state index < -0.39 is 10.9 Å². The van der Waals surface area contributed by atoms with Crippen molar-refractivity contribution in [3.05, 3.63) is 20.4 Å². The Morgan fingerprint density at radius 2 is 1.56 bits per heavy atom. The van der Waals surface area contributed by atoms with Gasteiger partial charge in [-0.3, -0.25) is 9.59 Å². The van der Waals surface area contributed by atoms with Gasteiger partial charge in [-0.1, -0.05) is 0 Å². The first-order chi connectivity index (χ1) is 7.41. The molecule has 0 aliphatic rings. The lowest BCUT2D eigenvalue weighted by molar-refractivity contribution is 0.331. The molecular formula is C12H19NO3. The fourth-order valence-corrected chi connectivity index (χ4v) is 1.98. The van der Waals surface area contributed by atoms with Crippen LogP contribution in [0.3, 0.4) is 0 Å². The maximum atomic E-state index is 11.6. The van der Waals surface area contributed by atoms with E-state index >= 15 is 0 Å². The van der Waals surface area contributed by atoms with Crippen LogP contribution in [0.4, 0.5) is 5.69 Å². The number of hydrogen-bond donors (Lipinski definition) is 0. The second kappa shape index (κ2) is 4.68. The highest BCUT2D eigenvalue weighted by atomic mass is 16.5. The minimum atomic E-state index is -0.497. The minimum Gasteiger partial charge on any atom is -0.488 e. The van der Waals surface area contributed by atoms with Crippen molar-refractivity contribution in [1.29, 1.82) is 0 Å². The van der Waals surface area contributed by atoms with Gasteiger partial charge >= 0.3 is 0 Å². The second-order valence-electron chi connectivity index (χ2n) is 4.36. The molecule has 90 valence electrons. The van der Waals surface area contributed by atoms with Crippen LogP contribution in [0.2, 0.25) is 0 Å².